The number of nitrogens with one attached hydrogen (secondary N) is 2. The van der Waals surface area contributed by atoms with Crippen LogP contribution in [0.2, 0.25) is 0 Å². The van der Waals surface area contributed by atoms with E-state index in [0.29, 0.717) is 40.9 Å². The minimum atomic E-state index is -0.229. The molecule has 2 N–H and O–H groups in total. The highest BCUT2D eigenvalue weighted by Gasteiger charge is 2.31. The molecule has 1 amide bonds. The Kier molecular flexibility index (Phi) is 6.45. The Morgan fingerprint density at radius 1 is 1.22 bits per heavy atom. The van der Waals surface area contributed by atoms with E-state index >= 15 is 0 Å². The van der Waals surface area contributed by atoms with Crippen LogP contribution in [0.25, 0.3) is 10.9 Å². The van der Waals surface area contributed by atoms with E-state index in [9.17, 15) is 9.59 Å². The average molecular weight is 488 g/mol. The number of para-hydroxylation sites is 1. The SMILES string of the molecule is C#CCN(c1ccccc1C(=O)NCc1cccc(C#N)c1)C1CCc2cc3nc(C)[nH]c(=O)c3cc21. The van der Waals surface area contributed by atoms with Crippen molar-refractivity contribution in [1.82, 2.24) is 15.3 Å². The zero-order valence-corrected chi connectivity index (χ0v) is 20.4. The van der Waals surface area contributed by atoms with Crippen molar-refractivity contribution in [3.8, 4) is 18.4 Å². The molecule has 7 heteroatoms. The van der Waals surface area contributed by atoms with Gasteiger partial charge in [0.1, 0.15) is 5.82 Å². The minimum absolute atomic E-state index is 0.0857. The van der Waals surface area contributed by atoms with Crippen molar-refractivity contribution in [1.29, 1.82) is 5.26 Å². The second-order valence-electron chi connectivity index (χ2n) is 9.12. The van der Waals surface area contributed by atoms with Gasteiger partial charge in [-0.2, -0.15) is 5.26 Å². The number of carbonyl (C=O) groups is 1. The first kappa shape index (κ1) is 23.8. The number of nitriles is 1. The van der Waals surface area contributed by atoms with Crippen LogP contribution < -0.4 is 15.8 Å². The van der Waals surface area contributed by atoms with E-state index in [4.69, 9.17) is 11.7 Å². The van der Waals surface area contributed by atoms with Crippen LogP contribution in [0.15, 0.2) is 65.5 Å². The molecule has 1 aliphatic carbocycles. The van der Waals surface area contributed by atoms with Crippen molar-refractivity contribution in [3.05, 3.63) is 105 Å². The van der Waals surface area contributed by atoms with Gasteiger partial charge in [0.15, 0.2) is 0 Å². The molecule has 37 heavy (non-hydrogen) atoms. The van der Waals surface area contributed by atoms with Crippen molar-refractivity contribution < 1.29 is 4.79 Å². The number of aromatic amines is 1. The zero-order chi connectivity index (χ0) is 25.9. The normalized spacial score (nSPS) is 14.0. The summed E-state index contributed by atoms with van der Waals surface area (Å²) in [7, 11) is 0. The van der Waals surface area contributed by atoms with E-state index in [-0.39, 0.29) is 17.5 Å². The number of aromatic nitrogens is 2. The Hall–Kier alpha value is -4.88. The summed E-state index contributed by atoms with van der Waals surface area (Å²) >= 11 is 0. The quantitative estimate of drug-likeness (QED) is 0.398. The molecule has 0 fully saturated rings. The summed E-state index contributed by atoms with van der Waals surface area (Å²) in [5, 5.41) is 12.7. The van der Waals surface area contributed by atoms with Crippen LogP contribution in [0, 0.1) is 30.6 Å². The largest absolute Gasteiger partial charge is 0.353 e. The molecule has 0 aliphatic heterocycles. The highest BCUT2D eigenvalue weighted by molar-refractivity contribution is 6.00. The summed E-state index contributed by atoms with van der Waals surface area (Å²) in [5.41, 5.74) is 5.32. The summed E-state index contributed by atoms with van der Waals surface area (Å²) < 4.78 is 0. The summed E-state index contributed by atoms with van der Waals surface area (Å²) in [4.78, 5) is 35.3. The van der Waals surface area contributed by atoms with Crippen LogP contribution in [0.4, 0.5) is 5.69 Å². The topological polar surface area (TPSA) is 102 Å². The van der Waals surface area contributed by atoms with Crippen molar-refractivity contribution in [2.45, 2.75) is 32.4 Å². The van der Waals surface area contributed by atoms with Gasteiger partial charge in [-0.05, 0) is 72.9 Å². The van der Waals surface area contributed by atoms with Gasteiger partial charge in [-0.15, -0.1) is 6.42 Å². The molecule has 1 aromatic heterocycles. The summed E-state index contributed by atoms with van der Waals surface area (Å²) in [5.74, 6) is 3.10. The number of anilines is 1. The predicted molar refractivity (Wildman–Crippen MR) is 143 cm³/mol. The molecular formula is C30H25N5O2. The van der Waals surface area contributed by atoms with E-state index in [1.807, 2.05) is 36.4 Å². The standard InChI is InChI=1S/C30H25N5O2/c1-3-13-35(28-12-11-22-15-26-25(16-24(22)28)30(37)34-19(2)33-26)27-10-5-4-9-23(27)29(36)32-18-21-8-6-7-20(14-21)17-31/h1,4-10,14-16,28H,11-13,18H2,2H3,(H,32,36)(H,33,34,37). The molecule has 0 saturated heterocycles. The Morgan fingerprint density at radius 3 is 2.86 bits per heavy atom. The number of hydrogen-bond acceptors (Lipinski definition) is 5. The molecule has 4 aromatic rings. The van der Waals surface area contributed by atoms with Crippen LogP contribution in [0.3, 0.4) is 0 Å². The second kappa shape index (κ2) is 10.0. The Labute approximate surface area is 214 Å². The maximum atomic E-state index is 13.3. The number of rotatable bonds is 6. The molecule has 5 rings (SSSR count). The van der Waals surface area contributed by atoms with E-state index < -0.39 is 0 Å². The molecule has 0 spiro atoms. The lowest BCUT2D eigenvalue weighted by Gasteiger charge is -2.31. The Balaban J connectivity index is 1.48. The highest BCUT2D eigenvalue weighted by Crippen LogP contribution is 2.40. The van der Waals surface area contributed by atoms with Gasteiger partial charge in [0.05, 0.1) is 46.4 Å². The average Bonchev–Trinajstić information content (AvgIpc) is 3.32. The lowest BCUT2D eigenvalue weighted by atomic mass is 10.0. The third-order valence-electron chi connectivity index (χ3n) is 6.74. The highest BCUT2D eigenvalue weighted by atomic mass is 16.1. The third-order valence-corrected chi connectivity index (χ3v) is 6.74. The van der Waals surface area contributed by atoms with Gasteiger partial charge >= 0.3 is 0 Å². The number of benzene rings is 3. The number of hydrogen-bond donors (Lipinski definition) is 2. The Bertz CT molecular complexity index is 1660. The van der Waals surface area contributed by atoms with Gasteiger partial charge in [-0.3, -0.25) is 9.59 Å². The number of fused-ring (bicyclic) bond motifs is 2. The number of H-pyrrole nitrogens is 1. The first-order chi connectivity index (χ1) is 18.0. The molecule has 1 aliphatic rings. The van der Waals surface area contributed by atoms with Crippen LogP contribution >= 0.6 is 0 Å². The molecule has 182 valence electrons. The fourth-order valence-electron chi connectivity index (χ4n) is 5.07. The predicted octanol–water partition coefficient (Wildman–Crippen LogP) is 4.16. The first-order valence-corrected chi connectivity index (χ1v) is 12.1. The number of nitrogens with zero attached hydrogens (tertiary/aromatic N) is 3. The van der Waals surface area contributed by atoms with Crippen molar-refractivity contribution in [2.24, 2.45) is 0 Å². The summed E-state index contributed by atoms with van der Waals surface area (Å²) in [6.07, 6.45) is 7.42. The van der Waals surface area contributed by atoms with Crippen LogP contribution in [0.1, 0.15) is 50.9 Å². The summed E-state index contributed by atoms with van der Waals surface area (Å²) in [6, 6.07) is 20.5. The lowest BCUT2D eigenvalue weighted by molar-refractivity contribution is 0.0951. The number of carbonyl (C=O) groups excluding carboxylic acids is 1. The maximum Gasteiger partial charge on any atom is 0.258 e. The molecule has 1 heterocycles. The van der Waals surface area contributed by atoms with Crippen LogP contribution in [-0.2, 0) is 13.0 Å². The zero-order valence-electron chi connectivity index (χ0n) is 20.4. The van der Waals surface area contributed by atoms with Gasteiger partial charge < -0.3 is 15.2 Å². The van der Waals surface area contributed by atoms with E-state index in [1.165, 1.54) is 0 Å². The van der Waals surface area contributed by atoms with E-state index in [1.54, 1.807) is 31.2 Å². The number of amides is 1. The van der Waals surface area contributed by atoms with E-state index in [2.05, 4.69) is 32.2 Å². The van der Waals surface area contributed by atoms with Gasteiger partial charge in [0.2, 0.25) is 0 Å². The van der Waals surface area contributed by atoms with Crippen molar-refractivity contribution in [2.75, 3.05) is 11.4 Å². The third kappa shape index (κ3) is 4.68. The smallest absolute Gasteiger partial charge is 0.258 e. The molecular weight excluding hydrogens is 462 g/mol. The fourth-order valence-corrected chi connectivity index (χ4v) is 5.07. The molecule has 3 aromatic carbocycles. The monoisotopic (exact) mass is 487 g/mol. The van der Waals surface area contributed by atoms with Gasteiger partial charge in [0.25, 0.3) is 11.5 Å². The molecule has 1 unspecified atom stereocenters. The molecule has 0 saturated carbocycles. The van der Waals surface area contributed by atoms with Crippen LogP contribution in [-0.4, -0.2) is 22.4 Å². The second-order valence-corrected chi connectivity index (χ2v) is 9.12. The Morgan fingerprint density at radius 2 is 2.05 bits per heavy atom. The number of aryl methyl sites for hydroxylation is 2. The molecule has 1 atom stereocenters. The fraction of sp³-hybridized carbons (Fsp3) is 0.200. The minimum Gasteiger partial charge on any atom is -0.353 e. The summed E-state index contributed by atoms with van der Waals surface area (Å²) in [6.45, 7) is 2.37. The van der Waals surface area contributed by atoms with Gasteiger partial charge in [-0.1, -0.05) is 30.2 Å². The molecule has 0 radical (unpaired) electrons. The first-order valence-electron chi connectivity index (χ1n) is 12.1. The maximum absolute atomic E-state index is 13.3. The van der Waals surface area contributed by atoms with Crippen molar-refractivity contribution >= 4 is 22.5 Å². The van der Waals surface area contributed by atoms with Gasteiger partial charge in [0, 0.05) is 6.54 Å². The molecule has 0 bridgehead atoms. The molecule has 7 nitrogen and oxygen atoms in total. The number of terminal acetylenes is 1. The van der Waals surface area contributed by atoms with Crippen molar-refractivity contribution in [3.63, 3.8) is 0 Å². The lowest BCUT2D eigenvalue weighted by Crippen LogP contribution is -2.31. The van der Waals surface area contributed by atoms with Gasteiger partial charge in [-0.25, -0.2) is 4.98 Å². The van der Waals surface area contributed by atoms with E-state index in [0.717, 1.165) is 35.2 Å². The van der Waals surface area contributed by atoms with Crippen LogP contribution in [0.5, 0.6) is 0 Å².